The van der Waals surface area contributed by atoms with Crippen molar-refractivity contribution in [3.8, 4) is 0 Å². The van der Waals surface area contributed by atoms with Crippen molar-refractivity contribution in [2.24, 2.45) is 11.3 Å². The van der Waals surface area contributed by atoms with Crippen molar-refractivity contribution in [3.63, 3.8) is 0 Å². The zero-order chi connectivity index (χ0) is 16.0. The van der Waals surface area contributed by atoms with Crippen molar-refractivity contribution in [3.05, 3.63) is 24.3 Å². The SMILES string of the molecule is O=C(Cc1nc2ncccn2n1)N1C[C@@H]2CCC[C@@]2(C(=O)O)C1. The van der Waals surface area contributed by atoms with E-state index in [4.69, 9.17) is 0 Å². The quantitative estimate of drug-likeness (QED) is 0.879. The van der Waals surface area contributed by atoms with Gasteiger partial charge in [-0.25, -0.2) is 9.50 Å². The molecule has 23 heavy (non-hydrogen) atoms. The molecule has 2 aliphatic rings. The van der Waals surface area contributed by atoms with E-state index in [-0.39, 0.29) is 18.2 Å². The Morgan fingerprint density at radius 2 is 2.30 bits per heavy atom. The lowest BCUT2D eigenvalue weighted by molar-refractivity contribution is -0.149. The Balaban J connectivity index is 1.51. The summed E-state index contributed by atoms with van der Waals surface area (Å²) in [6, 6.07) is 1.74. The maximum atomic E-state index is 12.5. The van der Waals surface area contributed by atoms with Gasteiger partial charge in [-0.05, 0) is 24.8 Å². The molecule has 0 radical (unpaired) electrons. The number of hydrogen-bond donors (Lipinski definition) is 1. The fourth-order valence-electron chi connectivity index (χ4n) is 3.93. The van der Waals surface area contributed by atoms with Crippen LogP contribution in [0.1, 0.15) is 25.1 Å². The average molecular weight is 315 g/mol. The van der Waals surface area contributed by atoms with Gasteiger partial charge < -0.3 is 10.0 Å². The van der Waals surface area contributed by atoms with Gasteiger partial charge in [0.05, 0.1) is 11.8 Å². The van der Waals surface area contributed by atoms with Crippen LogP contribution < -0.4 is 0 Å². The second-order valence-corrected chi connectivity index (χ2v) is 6.39. The summed E-state index contributed by atoms with van der Waals surface area (Å²) >= 11 is 0. The molecule has 1 amide bonds. The van der Waals surface area contributed by atoms with Crippen molar-refractivity contribution in [2.75, 3.05) is 13.1 Å². The normalized spacial score (nSPS) is 26.6. The Hall–Kier alpha value is -2.51. The number of amides is 1. The van der Waals surface area contributed by atoms with Crippen LogP contribution in [-0.2, 0) is 16.0 Å². The minimum absolute atomic E-state index is 0.0691. The molecular formula is C15H17N5O3. The van der Waals surface area contributed by atoms with E-state index in [2.05, 4.69) is 15.1 Å². The van der Waals surface area contributed by atoms with E-state index >= 15 is 0 Å². The maximum absolute atomic E-state index is 12.5. The van der Waals surface area contributed by atoms with Crippen LogP contribution in [0.4, 0.5) is 0 Å². The standard InChI is InChI=1S/C15H17N5O3/c21-12(7-11-17-14-16-5-2-6-20(14)18-11)19-8-10-3-1-4-15(10,9-19)13(22)23/h2,5-6,10H,1,3-4,7-9H2,(H,22,23)/t10-,15+/m0/s1. The summed E-state index contributed by atoms with van der Waals surface area (Å²) in [5.74, 6) is 0.0478. The lowest BCUT2D eigenvalue weighted by Gasteiger charge is -2.23. The number of fused-ring (bicyclic) bond motifs is 2. The Morgan fingerprint density at radius 3 is 3.04 bits per heavy atom. The third-order valence-corrected chi connectivity index (χ3v) is 5.12. The van der Waals surface area contributed by atoms with Gasteiger partial charge in [-0.2, -0.15) is 4.98 Å². The Morgan fingerprint density at radius 1 is 1.43 bits per heavy atom. The molecule has 1 aliphatic carbocycles. The van der Waals surface area contributed by atoms with Gasteiger partial charge in [0.1, 0.15) is 0 Å². The second kappa shape index (κ2) is 5.00. The predicted molar refractivity (Wildman–Crippen MR) is 78.5 cm³/mol. The number of carboxylic acid groups (broad SMARTS) is 1. The van der Waals surface area contributed by atoms with Gasteiger partial charge in [-0.15, -0.1) is 5.10 Å². The third kappa shape index (κ3) is 2.16. The van der Waals surface area contributed by atoms with Crippen LogP contribution >= 0.6 is 0 Å². The molecule has 0 unspecified atom stereocenters. The number of hydrogen-bond acceptors (Lipinski definition) is 5. The van der Waals surface area contributed by atoms with Crippen molar-refractivity contribution in [1.29, 1.82) is 0 Å². The molecule has 2 fully saturated rings. The van der Waals surface area contributed by atoms with Crippen molar-refractivity contribution in [1.82, 2.24) is 24.5 Å². The van der Waals surface area contributed by atoms with Gasteiger partial charge >= 0.3 is 5.97 Å². The van der Waals surface area contributed by atoms with E-state index in [1.807, 2.05) is 0 Å². The van der Waals surface area contributed by atoms with Gasteiger partial charge in [0.25, 0.3) is 5.78 Å². The largest absolute Gasteiger partial charge is 0.481 e. The zero-order valence-corrected chi connectivity index (χ0v) is 12.6. The summed E-state index contributed by atoms with van der Waals surface area (Å²) in [6.07, 6.45) is 5.89. The van der Waals surface area contributed by atoms with Gasteiger partial charge in [0, 0.05) is 25.5 Å². The smallest absolute Gasteiger partial charge is 0.311 e. The molecule has 2 atom stereocenters. The third-order valence-electron chi connectivity index (χ3n) is 5.12. The first-order chi connectivity index (χ1) is 11.1. The number of carboxylic acids is 1. The number of carbonyl (C=O) groups excluding carboxylic acids is 1. The Labute approximate surface area is 132 Å². The minimum atomic E-state index is -0.773. The summed E-state index contributed by atoms with van der Waals surface area (Å²) in [5, 5.41) is 13.8. The highest BCUT2D eigenvalue weighted by molar-refractivity contribution is 5.82. The highest BCUT2D eigenvalue weighted by Gasteiger charge is 2.55. The van der Waals surface area contributed by atoms with Gasteiger partial charge in [0.2, 0.25) is 5.91 Å². The van der Waals surface area contributed by atoms with Crippen LogP contribution in [-0.4, -0.2) is 54.6 Å². The van der Waals surface area contributed by atoms with Gasteiger partial charge in [0.15, 0.2) is 5.82 Å². The van der Waals surface area contributed by atoms with Crippen LogP contribution in [0.2, 0.25) is 0 Å². The molecule has 1 N–H and O–H groups in total. The highest BCUT2D eigenvalue weighted by atomic mass is 16.4. The van der Waals surface area contributed by atoms with Crippen LogP contribution in [0.5, 0.6) is 0 Å². The van der Waals surface area contributed by atoms with E-state index in [1.54, 1.807) is 23.4 Å². The van der Waals surface area contributed by atoms with Gasteiger partial charge in [-0.3, -0.25) is 9.59 Å². The van der Waals surface area contributed by atoms with Crippen molar-refractivity contribution >= 4 is 17.7 Å². The molecule has 8 heteroatoms. The fourth-order valence-corrected chi connectivity index (χ4v) is 3.93. The number of aliphatic carboxylic acids is 1. The summed E-state index contributed by atoms with van der Waals surface area (Å²) in [5.41, 5.74) is -0.746. The molecule has 120 valence electrons. The number of aromatic nitrogens is 4. The van der Waals surface area contributed by atoms with E-state index in [0.29, 0.717) is 31.1 Å². The molecule has 1 aliphatic heterocycles. The van der Waals surface area contributed by atoms with Crippen molar-refractivity contribution < 1.29 is 14.7 Å². The second-order valence-electron chi connectivity index (χ2n) is 6.39. The number of carbonyl (C=O) groups is 2. The topological polar surface area (TPSA) is 101 Å². The molecule has 0 aromatic carbocycles. The number of likely N-dealkylation sites (tertiary alicyclic amines) is 1. The highest BCUT2D eigenvalue weighted by Crippen LogP contribution is 2.48. The van der Waals surface area contributed by atoms with E-state index in [9.17, 15) is 14.7 Å². The molecule has 3 heterocycles. The predicted octanol–water partition coefficient (Wildman–Crippen LogP) is 0.380. The number of rotatable bonds is 3. The summed E-state index contributed by atoms with van der Waals surface area (Å²) in [6.45, 7) is 0.828. The molecule has 1 saturated carbocycles. The summed E-state index contributed by atoms with van der Waals surface area (Å²) in [4.78, 5) is 34.1. The van der Waals surface area contributed by atoms with E-state index < -0.39 is 11.4 Å². The molecule has 0 spiro atoms. The summed E-state index contributed by atoms with van der Waals surface area (Å²) in [7, 11) is 0. The molecule has 0 bridgehead atoms. The Bertz CT molecular complexity index is 755. The first-order valence-corrected chi connectivity index (χ1v) is 7.76. The maximum Gasteiger partial charge on any atom is 0.311 e. The Kier molecular flexibility index (Phi) is 3.07. The molecule has 2 aromatic heterocycles. The lowest BCUT2D eigenvalue weighted by atomic mass is 9.81. The van der Waals surface area contributed by atoms with Crippen LogP contribution in [0.15, 0.2) is 18.5 Å². The molecule has 1 saturated heterocycles. The molecule has 8 nitrogen and oxygen atoms in total. The van der Waals surface area contributed by atoms with Crippen molar-refractivity contribution in [2.45, 2.75) is 25.7 Å². The monoisotopic (exact) mass is 315 g/mol. The molecule has 2 aromatic rings. The van der Waals surface area contributed by atoms with E-state index in [1.165, 1.54) is 4.52 Å². The minimum Gasteiger partial charge on any atom is -0.481 e. The first kappa shape index (κ1) is 14.1. The molecule has 4 rings (SSSR count). The van der Waals surface area contributed by atoms with Crippen LogP contribution in [0.25, 0.3) is 5.78 Å². The van der Waals surface area contributed by atoms with Gasteiger partial charge in [-0.1, -0.05) is 6.42 Å². The lowest BCUT2D eigenvalue weighted by Crippen LogP contribution is -2.37. The molecular weight excluding hydrogens is 298 g/mol. The number of nitrogens with zero attached hydrogens (tertiary/aromatic N) is 5. The average Bonchev–Trinajstić information content (AvgIpc) is 3.18. The van der Waals surface area contributed by atoms with E-state index in [0.717, 1.165) is 12.8 Å². The zero-order valence-electron chi connectivity index (χ0n) is 12.6. The first-order valence-electron chi connectivity index (χ1n) is 7.76. The fraction of sp³-hybridized carbons (Fsp3) is 0.533. The van der Waals surface area contributed by atoms with Crippen LogP contribution in [0.3, 0.4) is 0 Å². The summed E-state index contributed by atoms with van der Waals surface area (Å²) < 4.78 is 1.53. The van der Waals surface area contributed by atoms with Crippen LogP contribution in [0, 0.1) is 11.3 Å².